The third kappa shape index (κ3) is 7.53. The van der Waals surface area contributed by atoms with Crippen LogP contribution >= 0.6 is 0 Å². The maximum Gasteiger partial charge on any atom is 0.234 e. The lowest BCUT2D eigenvalue weighted by atomic mass is 10.0. The highest BCUT2D eigenvalue weighted by molar-refractivity contribution is 5.80. The molecule has 0 aromatic heterocycles. The first-order valence-electron chi connectivity index (χ1n) is 10.4. The quantitative estimate of drug-likeness (QED) is 0.356. The van der Waals surface area contributed by atoms with Crippen molar-refractivity contribution < 1.29 is 18.3 Å². The third-order valence-corrected chi connectivity index (χ3v) is 5.01. The summed E-state index contributed by atoms with van der Waals surface area (Å²) < 4.78 is 32.1. The SMILES string of the molecule is CCNC(=NCC(C)c1ccc(F)cc1F)N1CCN(CC(=O)NCCOC)CC1. The lowest BCUT2D eigenvalue weighted by molar-refractivity contribution is -0.122. The van der Waals surface area contributed by atoms with Crippen molar-refractivity contribution in [3.8, 4) is 0 Å². The number of aliphatic imine (C=N–C) groups is 1. The molecule has 1 aromatic rings. The molecule has 1 aliphatic rings. The molecular weight excluding hydrogens is 392 g/mol. The number of benzene rings is 1. The summed E-state index contributed by atoms with van der Waals surface area (Å²) >= 11 is 0. The van der Waals surface area contributed by atoms with Crippen molar-refractivity contribution in [3.05, 3.63) is 35.4 Å². The van der Waals surface area contributed by atoms with Crippen molar-refractivity contribution in [1.29, 1.82) is 0 Å². The second-order valence-corrected chi connectivity index (χ2v) is 7.37. The molecule has 1 unspecified atom stereocenters. The van der Waals surface area contributed by atoms with Crippen molar-refractivity contribution in [2.45, 2.75) is 19.8 Å². The van der Waals surface area contributed by atoms with Crippen molar-refractivity contribution in [3.63, 3.8) is 0 Å². The van der Waals surface area contributed by atoms with Crippen LogP contribution in [0.2, 0.25) is 0 Å². The molecule has 1 aliphatic heterocycles. The van der Waals surface area contributed by atoms with Crippen molar-refractivity contribution in [1.82, 2.24) is 20.4 Å². The van der Waals surface area contributed by atoms with Gasteiger partial charge < -0.3 is 20.3 Å². The Kier molecular flexibility index (Phi) is 9.96. The van der Waals surface area contributed by atoms with Gasteiger partial charge in [-0.05, 0) is 18.6 Å². The number of piperazine rings is 1. The first-order chi connectivity index (χ1) is 14.4. The van der Waals surface area contributed by atoms with Crippen molar-refractivity contribution >= 4 is 11.9 Å². The molecule has 1 atom stereocenters. The highest BCUT2D eigenvalue weighted by Gasteiger charge is 2.21. The standard InChI is InChI=1S/C21H33F2N5O2/c1-4-24-21(26-14-16(2)18-6-5-17(22)13-19(18)23)28-10-8-27(9-11-28)15-20(29)25-7-12-30-3/h5-6,13,16H,4,7-12,14-15H2,1-3H3,(H,24,26)(H,25,29). The minimum atomic E-state index is -0.578. The molecule has 30 heavy (non-hydrogen) atoms. The topological polar surface area (TPSA) is 69.2 Å². The molecule has 7 nitrogen and oxygen atoms in total. The van der Waals surface area contributed by atoms with Gasteiger partial charge in [0.2, 0.25) is 5.91 Å². The number of ether oxygens (including phenoxy) is 1. The Morgan fingerprint density at radius 1 is 1.23 bits per heavy atom. The lowest BCUT2D eigenvalue weighted by Crippen LogP contribution is -2.54. The van der Waals surface area contributed by atoms with E-state index in [1.165, 1.54) is 12.1 Å². The van der Waals surface area contributed by atoms with Crippen LogP contribution in [0.3, 0.4) is 0 Å². The van der Waals surface area contributed by atoms with E-state index in [-0.39, 0.29) is 11.8 Å². The minimum Gasteiger partial charge on any atom is -0.383 e. The van der Waals surface area contributed by atoms with E-state index in [1.807, 2.05) is 13.8 Å². The average molecular weight is 426 g/mol. The predicted octanol–water partition coefficient (Wildman–Crippen LogP) is 1.41. The van der Waals surface area contributed by atoms with Gasteiger partial charge in [0.05, 0.1) is 13.2 Å². The number of nitrogens with zero attached hydrogens (tertiary/aromatic N) is 3. The number of methoxy groups -OCH3 is 1. The van der Waals surface area contributed by atoms with Crippen LogP contribution in [0.4, 0.5) is 8.78 Å². The van der Waals surface area contributed by atoms with Gasteiger partial charge in [-0.15, -0.1) is 0 Å². The van der Waals surface area contributed by atoms with Gasteiger partial charge in [-0.25, -0.2) is 8.78 Å². The minimum absolute atomic E-state index is 0.00350. The summed E-state index contributed by atoms with van der Waals surface area (Å²) in [6.07, 6.45) is 0. The van der Waals surface area contributed by atoms with Gasteiger partial charge in [-0.3, -0.25) is 14.7 Å². The van der Waals surface area contributed by atoms with Crippen LogP contribution in [0.1, 0.15) is 25.3 Å². The van der Waals surface area contributed by atoms with Crippen LogP contribution in [0.5, 0.6) is 0 Å². The van der Waals surface area contributed by atoms with E-state index in [0.29, 0.717) is 31.8 Å². The third-order valence-electron chi connectivity index (χ3n) is 5.01. The first-order valence-corrected chi connectivity index (χ1v) is 10.4. The van der Waals surface area contributed by atoms with Crippen LogP contribution in [0.25, 0.3) is 0 Å². The first kappa shape index (κ1) is 24.0. The van der Waals surface area contributed by atoms with Crippen molar-refractivity contribution in [2.24, 2.45) is 4.99 Å². The van der Waals surface area contributed by atoms with E-state index < -0.39 is 11.6 Å². The monoisotopic (exact) mass is 425 g/mol. The molecule has 2 N–H and O–H groups in total. The number of nitrogens with one attached hydrogen (secondary N) is 2. The normalized spacial score (nSPS) is 16.4. The van der Waals surface area contributed by atoms with Gasteiger partial charge in [0, 0.05) is 64.9 Å². The number of rotatable bonds is 9. The Labute approximate surface area is 177 Å². The van der Waals surface area contributed by atoms with Crippen LogP contribution < -0.4 is 10.6 Å². The molecule has 0 saturated carbocycles. The largest absolute Gasteiger partial charge is 0.383 e. The molecule has 2 rings (SSSR count). The molecule has 1 fully saturated rings. The van der Waals surface area contributed by atoms with E-state index >= 15 is 0 Å². The number of hydrogen-bond acceptors (Lipinski definition) is 4. The fraction of sp³-hybridized carbons (Fsp3) is 0.619. The van der Waals surface area contributed by atoms with E-state index in [9.17, 15) is 13.6 Å². The molecule has 0 radical (unpaired) electrons. The molecular formula is C21H33F2N5O2. The number of carbonyl (C=O) groups excluding carboxylic acids is 1. The second-order valence-electron chi connectivity index (χ2n) is 7.37. The van der Waals surface area contributed by atoms with Gasteiger partial charge in [0.15, 0.2) is 5.96 Å². The van der Waals surface area contributed by atoms with Gasteiger partial charge in [0.1, 0.15) is 11.6 Å². The van der Waals surface area contributed by atoms with E-state index in [4.69, 9.17) is 4.74 Å². The van der Waals surface area contributed by atoms with Gasteiger partial charge in [-0.1, -0.05) is 13.0 Å². The summed E-state index contributed by atoms with van der Waals surface area (Å²) in [7, 11) is 1.60. The van der Waals surface area contributed by atoms with Crippen molar-refractivity contribution in [2.75, 3.05) is 66.1 Å². The maximum absolute atomic E-state index is 14.0. The molecule has 0 aliphatic carbocycles. The summed E-state index contributed by atoms with van der Waals surface area (Å²) in [5.74, 6) is -0.519. The summed E-state index contributed by atoms with van der Waals surface area (Å²) in [5.41, 5.74) is 0.459. The van der Waals surface area contributed by atoms with E-state index in [2.05, 4.69) is 25.4 Å². The Hall–Kier alpha value is -2.26. The highest BCUT2D eigenvalue weighted by Crippen LogP contribution is 2.20. The van der Waals surface area contributed by atoms with Gasteiger partial charge in [0.25, 0.3) is 0 Å². The number of hydrogen-bond donors (Lipinski definition) is 2. The van der Waals surface area contributed by atoms with Crippen LogP contribution in [0, 0.1) is 11.6 Å². The van der Waals surface area contributed by atoms with Crippen LogP contribution in [-0.2, 0) is 9.53 Å². The summed E-state index contributed by atoms with van der Waals surface area (Å²) in [6, 6.07) is 3.66. The summed E-state index contributed by atoms with van der Waals surface area (Å²) in [6.45, 7) is 9.38. The number of carbonyl (C=O) groups is 1. The van der Waals surface area contributed by atoms with E-state index in [1.54, 1.807) is 7.11 Å². The zero-order valence-corrected chi connectivity index (χ0v) is 18.1. The smallest absolute Gasteiger partial charge is 0.234 e. The maximum atomic E-state index is 14.0. The number of amides is 1. The zero-order valence-electron chi connectivity index (χ0n) is 18.1. The molecule has 1 heterocycles. The molecule has 9 heteroatoms. The molecule has 0 bridgehead atoms. The Morgan fingerprint density at radius 3 is 2.60 bits per heavy atom. The zero-order chi connectivity index (χ0) is 21.9. The fourth-order valence-electron chi connectivity index (χ4n) is 3.32. The number of halogens is 2. The number of guanidine groups is 1. The summed E-state index contributed by atoms with van der Waals surface area (Å²) in [5, 5.41) is 6.12. The Balaban J connectivity index is 1.88. The molecule has 1 amide bonds. The summed E-state index contributed by atoms with van der Waals surface area (Å²) in [4.78, 5) is 20.9. The average Bonchev–Trinajstić information content (AvgIpc) is 2.72. The molecule has 168 valence electrons. The molecule has 1 aromatic carbocycles. The predicted molar refractivity (Wildman–Crippen MR) is 114 cm³/mol. The Morgan fingerprint density at radius 2 is 1.97 bits per heavy atom. The Bertz CT molecular complexity index is 709. The highest BCUT2D eigenvalue weighted by atomic mass is 19.1. The molecule has 1 saturated heterocycles. The van der Waals surface area contributed by atoms with Crippen LogP contribution in [0.15, 0.2) is 23.2 Å². The lowest BCUT2D eigenvalue weighted by Gasteiger charge is -2.36. The van der Waals surface area contributed by atoms with E-state index in [0.717, 1.165) is 44.7 Å². The molecule has 0 spiro atoms. The van der Waals surface area contributed by atoms with Gasteiger partial charge in [-0.2, -0.15) is 0 Å². The fourth-order valence-corrected chi connectivity index (χ4v) is 3.32. The van der Waals surface area contributed by atoms with Gasteiger partial charge >= 0.3 is 0 Å². The van der Waals surface area contributed by atoms with Crippen LogP contribution in [-0.4, -0.2) is 87.7 Å². The second kappa shape index (κ2) is 12.4.